The van der Waals surface area contributed by atoms with Gasteiger partial charge >= 0.3 is 0 Å². The highest BCUT2D eigenvalue weighted by molar-refractivity contribution is 7.86. The molecule has 3 rings (SSSR count). The minimum absolute atomic E-state index is 0.0213. The minimum atomic E-state index is -3.97. The maximum atomic E-state index is 12.2. The molecule has 0 radical (unpaired) electrons. The Morgan fingerprint density at radius 1 is 1.09 bits per heavy atom. The van der Waals surface area contributed by atoms with Crippen LogP contribution in [0.25, 0.3) is 11.0 Å². The standard InChI is InChI=1S/C17H14O5S/c1-12-6-8-13(9-7-12)23(19,20)22-11-16(18)15-10-21-17-5-3-2-4-14(15)17/h2-10H,11H2,1H3. The van der Waals surface area contributed by atoms with E-state index in [0.29, 0.717) is 16.5 Å². The summed E-state index contributed by atoms with van der Waals surface area (Å²) in [5.74, 6) is -0.453. The van der Waals surface area contributed by atoms with Crippen molar-refractivity contribution in [1.82, 2.24) is 0 Å². The van der Waals surface area contributed by atoms with Gasteiger partial charge in [-0.25, -0.2) is 0 Å². The van der Waals surface area contributed by atoms with Gasteiger partial charge < -0.3 is 4.42 Å². The normalized spacial score (nSPS) is 11.7. The number of hydrogen-bond acceptors (Lipinski definition) is 5. The summed E-state index contributed by atoms with van der Waals surface area (Å²) in [6.07, 6.45) is 1.31. The number of para-hydroxylation sites is 1. The number of rotatable bonds is 5. The van der Waals surface area contributed by atoms with Crippen LogP contribution >= 0.6 is 0 Å². The van der Waals surface area contributed by atoms with Crippen LogP contribution in [0.2, 0.25) is 0 Å². The molecule has 0 aliphatic carbocycles. The molecule has 23 heavy (non-hydrogen) atoms. The van der Waals surface area contributed by atoms with Crippen LogP contribution in [0.1, 0.15) is 15.9 Å². The topological polar surface area (TPSA) is 73.6 Å². The highest BCUT2D eigenvalue weighted by Crippen LogP contribution is 2.22. The average molecular weight is 330 g/mol. The first-order valence-electron chi connectivity index (χ1n) is 6.93. The zero-order valence-electron chi connectivity index (χ0n) is 12.4. The molecular weight excluding hydrogens is 316 g/mol. The maximum absolute atomic E-state index is 12.2. The van der Waals surface area contributed by atoms with Crippen molar-refractivity contribution >= 4 is 26.9 Å². The van der Waals surface area contributed by atoms with Gasteiger partial charge in [-0.15, -0.1) is 0 Å². The van der Waals surface area contributed by atoms with E-state index in [1.165, 1.54) is 18.4 Å². The van der Waals surface area contributed by atoms with Gasteiger partial charge in [-0.1, -0.05) is 35.9 Å². The van der Waals surface area contributed by atoms with Crippen molar-refractivity contribution in [2.45, 2.75) is 11.8 Å². The molecule has 3 aromatic rings. The highest BCUT2D eigenvalue weighted by Gasteiger charge is 2.20. The van der Waals surface area contributed by atoms with Crippen molar-refractivity contribution in [1.29, 1.82) is 0 Å². The van der Waals surface area contributed by atoms with Crippen molar-refractivity contribution in [3.05, 3.63) is 65.9 Å². The molecule has 118 valence electrons. The van der Waals surface area contributed by atoms with Gasteiger partial charge in [0.2, 0.25) is 0 Å². The van der Waals surface area contributed by atoms with Crippen molar-refractivity contribution < 1.29 is 21.8 Å². The molecule has 2 aromatic carbocycles. The first kappa shape index (κ1) is 15.5. The molecule has 0 atom stereocenters. The molecule has 0 bridgehead atoms. The molecule has 0 saturated heterocycles. The average Bonchev–Trinajstić information content (AvgIpc) is 2.97. The Hall–Kier alpha value is -2.44. The Morgan fingerprint density at radius 2 is 1.78 bits per heavy atom. The van der Waals surface area contributed by atoms with Gasteiger partial charge in [0.15, 0.2) is 5.78 Å². The van der Waals surface area contributed by atoms with E-state index in [2.05, 4.69) is 0 Å². The molecule has 0 fully saturated rings. The lowest BCUT2D eigenvalue weighted by Gasteiger charge is -2.05. The van der Waals surface area contributed by atoms with Gasteiger partial charge in [0, 0.05) is 5.39 Å². The molecule has 1 heterocycles. The predicted molar refractivity (Wildman–Crippen MR) is 84.9 cm³/mol. The van der Waals surface area contributed by atoms with E-state index in [1.807, 2.05) is 6.92 Å². The Kier molecular flexibility index (Phi) is 4.02. The smallest absolute Gasteiger partial charge is 0.297 e. The number of Topliss-reactive ketones (excluding diaryl/α,β-unsaturated/α-hetero) is 1. The molecule has 6 heteroatoms. The van der Waals surface area contributed by atoms with Crippen LogP contribution in [0.5, 0.6) is 0 Å². The molecule has 0 spiro atoms. The largest absolute Gasteiger partial charge is 0.464 e. The zero-order valence-corrected chi connectivity index (χ0v) is 13.2. The minimum Gasteiger partial charge on any atom is -0.464 e. The summed E-state index contributed by atoms with van der Waals surface area (Å²) >= 11 is 0. The van der Waals surface area contributed by atoms with Gasteiger partial charge in [0.05, 0.1) is 10.5 Å². The predicted octanol–water partition coefficient (Wildman–Crippen LogP) is 3.33. The summed E-state index contributed by atoms with van der Waals surface area (Å²) in [6, 6.07) is 13.3. The first-order chi connectivity index (χ1) is 11.0. The number of fused-ring (bicyclic) bond motifs is 1. The number of carbonyl (C=O) groups excluding carboxylic acids is 1. The third-order valence-electron chi connectivity index (χ3n) is 3.44. The Labute approximate surface area is 133 Å². The first-order valence-corrected chi connectivity index (χ1v) is 8.34. The Morgan fingerprint density at radius 3 is 2.52 bits per heavy atom. The SMILES string of the molecule is Cc1ccc(S(=O)(=O)OCC(=O)c2coc3ccccc23)cc1. The molecule has 0 saturated carbocycles. The quantitative estimate of drug-likeness (QED) is 0.530. The summed E-state index contributed by atoms with van der Waals surface area (Å²) in [4.78, 5) is 12.2. The lowest BCUT2D eigenvalue weighted by Crippen LogP contribution is -2.14. The van der Waals surface area contributed by atoms with Crippen molar-refractivity contribution in [3.8, 4) is 0 Å². The molecule has 0 aliphatic heterocycles. The van der Waals surface area contributed by atoms with E-state index in [4.69, 9.17) is 8.60 Å². The molecule has 5 nitrogen and oxygen atoms in total. The highest BCUT2D eigenvalue weighted by atomic mass is 32.2. The Balaban J connectivity index is 1.77. The van der Waals surface area contributed by atoms with E-state index in [0.717, 1.165) is 5.56 Å². The molecule has 0 aliphatic rings. The fourth-order valence-electron chi connectivity index (χ4n) is 2.18. The molecule has 0 unspecified atom stereocenters. The summed E-state index contributed by atoms with van der Waals surface area (Å²) in [5.41, 5.74) is 1.81. The second-order valence-electron chi connectivity index (χ2n) is 5.10. The second kappa shape index (κ2) is 5.98. The van der Waals surface area contributed by atoms with Crippen molar-refractivity contribution in [2.75, 3.05) is 6.61 Å². The van der Waals surface area contributed by atoms with E-state index in [9.17, 15) is 13.2 Å². The van der Waals surface area contributed by atoms with Crippen LogP contribution in [0.4, 0.5) is 0 Å². The number of benzene rings is 2. The Bertz CT molecular complexity index is 952. The zero-order chi connectivity index (χ0) is 16.4. The van der Waals surface area contributed by atoms with Crippen LogP contribution in [0.3, 0.4) is 0 Å². The molecule has 0 N–H and O–H groups in total. The summed E-state index contributed by atoms with van der Waals surface area (Å²) in [5, 5.41) is 0.633. The summed E-state index contributed by atoms with van der Waals surface area (Å²) in [7, 11) is -3.97. The van der Waals surface area contributed by atoms with Crippen LogP contribution in [-0.2, 0) is 14.3 Å². The number of carbonyl (C=O) groups is 1. The third kappa shape index (κ3) is 3.18. The second-order valence-corrected chi connectivity index (χ2v) is 6.71. The number of ketones is 1. The molecule has 1 aromatic heterocycles. The van der Waals surface area contributed by atoms with E-state index in [-0.39, 0.29) is 4.90 Å². The molecule has 0 amide bonds. The van der Waals surface area contributed by atoms with Crippen LogP contribution in [0, 0.1) is 6.92 Å². The number of furan rings is 1. The number of aryl methyl sites for hydroxylation is 1. The lowest BCUT2D eigenvalue weighted by atomic mass is 10.1. The third-order valence-corrected chi connectivity index (χ3v) is 4.71. The van der Waals surface area contributed by atoms with Crippen molar-refractivity contribution in [3.63, 3.8) is 0 Å². The lowest BCUT2D eigenvalue weighted by molar-refractivity contribution is 0.0925. The van der Waals surface area contributed by atoms with Crippen molar-refractivity contribution in [2.24, 2.45) is 0 Å². The summed E-state index contributed by atoms with van der Waals surface area (Å²) in [6.45, 7) is 1.28. The summed E-state index contributed by atoms with van der Waals surface area (Å²) < 4.78 is 34.3. The fraction of sp³-hybridized carbons (Fsp3) is 0.118. The number of hydrogen-bond donors (Lipinski definition) is 0. The monoisotopic (exact) mass is 330 g/mol. The fourth-order valence-corrected chi connectivity index (χ4v) is 3.04. The van der Waals surface area contributed by atoms with Crippen LogP contribution in [-0.4, -0.2) is 20.8 Å². The van der Waals surface area contributed by atoms with E-state index < -0.39 is 22.5 Å². The van der Waals surface area contributed by atoms with Crippen LogP contribution < -0.4 is 0 Å². The van der Waals surface area contributed by atoms with Gasteiger partial charge in [0.25, 0.3) is 10.1 Å². The molecular formula is C17H14O5S. The van der Waals surface area contributed by atoms with Gasteiger partial charge in [-0.3, -0.25) is 8.98 Å². The van der Waals surface area contributed by atoms with E-state index in [1.54, 1.807) is 36.4 Å². The maximum Gasteiger partial charge on any atom is 0.297 e. The van der Waals surface area contributed by atoms with Crippen LogP contribution in [0.15, 0.2) is 64.1 Å². The van der Waals surface area contributed by atoms with E-state index >= 15 is 0 Å². The van der Waals surface area contributed by atoms with Gasteiger partial charge in [-0.2, -0.15) is 8.42 Å². The van der Waals surface area contributed by atoms with Gasteiger partial charge in [-0.05, 0) is 25.1 Å². The van der Waals surface area contributed by atoms with Gasteiger partial charge in [0.1, 0.15) is 18.5 Å².